The quantitative estimate of drug-likeness (QED) is 0.839. The molecular weight excluding hydrogens is 315 g/mol. The summed E-state index contributed by atoms with van der Waals surface area (Å²) in [6, 6.07) is 13.4. The van der Waals surface area contributed by atoms with Crippen LogP contribution in [0.2, 0.25) is 0 Å². The van der Waals surface area contributed by atoms with Crippen LogP contribution >= 0.6 is 0 Å². The zero-order valence-electron chi connectivity index (χ0n) is 14.5. The Bertz CT molecular complexity index is 804. The minimum atomic E-state index is -0.202. The predicted octanol–water partition coefficient (Wildman–Crippen LogP) is 3.33. The second kappa shape index (κ2) is 6.60. The highest BCUT2D eigenvalue weighted by atomic mass is 19.1. The van der Waals surface area contributed by atoms with Gasteiger partial charge in [-0.3, -0.25) is 9.69 Å². The van der Waals surface area contributed by atoms with Crippen LogP contribution in [0.15, 0.2) is 42.5 Å². The molecule has 0 saturated heterocycles. The first-order valence-electron chi connectivity index (χ1n) is 8.99. The third-order valence-corrected chi connectivity index (χ3v) is 5.60. The molecule has 0 radical (unpaired) electrons. The van der Waals surface area contributed by atoms with E-state index in [0.29, 0.717) is 13.1 Å². The molecule has 2 aliphatic heterocycles. The van der Waals surface area contributed by atoms with Gasteiger partial charge in [0.2, 0.25) is 5.91 Å². The molecule has 0 spiro atoms. The summed E-state index contributed by atoms with van der Waals surface area (Å²) in [6.07, 6.45) is 1.79. The van der Waals surface area contributed by atoms with Gasteiger partial charge in [0.15, 0.2) is 0 Å². The summed E-state index contributed by atoms with van der Waals surface area (Å²) < 4.78 is 13.6. The second-order valence-electron chi connectivity index (χ2n) is 7.07. The zero-order chi connectivity index (χ0) is 17.4. The van der Waals surface area contributed by atoms with Crippen molar-refractivity contribution in [2.45, 2.75) is 32.4 Å². The van der Waals surface area contributed by atoms with Gasteiger partial charge in [-0.05, 0) is 54.2 Å². The highest BCUT2D eigenvalue weighted by Crippen LogP contribution is 2.30. The fraction of sp³-hybridized carbons (Fsp3) is 0.381. The predicted molar refractivity (Wildman–Crippen MR) is 95.7 cm³/mol. The molecule has 0 aromatic heterocycles. The molecule has 4 heteroatoms. The van der Waals surface area contributed by atoms with E-state index in [0.717, 1.165) is 31.5 Å². The van der Waals surface area contributed by atoms with Crippen LogP contribution < -0.4 is 0 Å². The maximum absolute atomic E-state index is 13.6. The van der Waals surface area contributed by atoms with E-state index < -0.39 is 0 Å². The molecule has 2 aromatic carbocycles. The average Bonchev–Trinajstić information content (AvgIpc) is 2.64. The standard InChI is InChI=1S/C21H23FN2O/c1-15-20-12-19(22)7-6-17(20)9-10-23(15)14-21(25)24-11-8-16-4-2-3-5-18(16)13-24/h2-7,12,15H,8-11,13-14H2,1H3. The lowest BCUT2D eigenvalue weighted by Gasteiger charge is -2.37. The number of hydrogen-bond donors (Lipinski definition) is 0. The van der Waals surface area contributed by atoms with Crippen molar-refractivity contribution in [3.05, 3.63) is 70.5 Å². The molecular formula is C21H23FN2O. The van der Waals surface area contributed by atoms with Crippen molar-refractivity contribution in [2.75, 3.05) is 19.6 Å². The molecule has 130 valence electrons. The van der Waals surface area contributed by atoms with E-state index in [9.17, 15) is 9.18 Å². The number of rotatable bonds is 2. The molecule has 1 unspecified atom stereocenters. The Morgan fingerprint density at radius 3 is 2.68 bits per heavy atom. The topological polar surface area (TPSA) is 23.6 Å². The summed E-state index contributed by atoms with van der Waals surface area (Å²) in [5, 5.41) is 0. The summed E-state index contributed by atoms with van der Waals surface area (Å²) in [7, 11) is 0. The van der Waals surface area contributed by atoms with Crippen LogP contribution in [-0.2, 0) is 24.2 Å². The van der Waals surface area contributed by atoms with E-state index >= 15 is 0 Å². The number of benzene rings is 2. The molecule has 25 heavy (non-hydrogen) atoms. The van der Waals surface area contributed by atoms with Gasteiger partial charge < -0.3 is 4.90 Å². The van der Waals surface area contributed by atoms with Gasteiger partial charge in [-0.1, -0.05) is 30.3 Å². The molecule has 0 bridgehead atoms. The summed E-state index contributed by atoms with van der Waals surface area (Å²) in [5.41, 5.74) is 4.82. The van der Waals surface area contributed by atoms with Gasteiger partial charge in [0.05, 0.1) is 6.54 Å². The molecule has 0 N–H and O–H groups in total. The second-order valence-corrected chi connectivity index (χ2v) is 7.07. The van der Waals surface area contributed by atoms with Crippen molar-refractivity contribution >= 4 is 5.91 Å². The number of nitrogens with zero attached hydrogens (tertiary/aromatic N) is 2. The largest absolute Gasteiger partial charge is 0.337 e. The molecule has 2 heterocycles. The SMILES string of the molecule is CC1c2cc(F)ccc2CCN1CC(=O)N1CCc2ccccc2C1. The molecule has 1 amide bonds. The van der Waals surface area contributed by atoms with Gasteiger partial charge in [-0.25, -0.2) is 4.39 Å². The zero-order valence-corrected chi connectivity index (χ0v) is 14.5. The fourth-order valence-electron chi connectivity index (χ4n) is 4.04. The summed E-state index contributed by atoms with van der Waals surface area (Å²) in [4.78, 5) is 16.9. The Morgan fingerprint density at radius 1 is 1.08 bits per heavy atom. The normalized spacial score (nSPS) is 20.1. The lowest BCUT2D eigenvalue weighted by atomic mass is 9.93. The lowest BCUT2D eigenvalue weighted by Crippen LogP contribution is -2.45. The minimum Gasteiger partial charge on any atom is -0.337 e. The van der Waals surface area contributed by atoms with Gasteiger partial charge >= 0.3 is 0 Å². The van der Waals surface area contributed by atoms with Crippen LogP contribution in [0.4, 0.5) is 4.39 Å². The van der Waals surface area contributed by atoms with Gasteiger partial charge in [0, 0.05) is 25.7 Å². The Morgan fingerprint density at radius 2 is 1.84 bits per heavy atom. The van der Waals surface area contributed by atoms with Crippen LogP contribution in [0.5, 0.6) is 0 Å². The number of carbonyl (C=O) groups excluding carboxylic acids is 1. The maximum atomic E-state index is 13.6. The molecule has 1 atom stereocenters. The Hall–Kier alpha value is -2.20. The van der Waals surface area contributed by atoms with Crippen molar-refractivity contribution in [3.8, 4) is 0 Å². The van der Waals surface area contributed by atoms with Crippen molar-refractivity contribution in [3.63, 3.8) is 0 Å². The Kier molecular flexibility index (Phi) is 4.30. The van der Waals surface area contributed by atoms with Crippen molar-refractivity contribution in [1.82, 2.24) is 9.80 Å². The number of carbonyl (C=O) groups is 1. The summed E-state index contributed by atoms with van der Waals surface area (Å²) >= 11 is 0. The first kappa shape index (κ1) is 16.3. The Balaban J connectivity index is 1.45. The molecule has 0 fully saturated rings. The highest BCUT2D eigenvalue weighted by molar-refractivity contribution is 5.78. The van der Waals surface area contributed by atoms with Crippen molar-refractivity contribution in [1.29, 1.82) is 0 Å². The van der Waals surface area contributed by atoms with Crippen LogP contribution in [0, 0.1) is 5.82 Å². The van der Waals surface area contributed by atoms with Crippen LogP contribution in [0.25, 0.3) is 0 Å². The molecule has 3 nitrogen and oxygen atoms in total. The third-order valence-electron chi connectivity index (χ3n) is 5.60. The molecule has 4 rings (SSSR count). The van der Waals surface area contributed by atoms with Gasteiger partial charge in [0.25, 0.3) is 0 Å². The van der Waals surface area contributed by atoms with Gasteiger partial charge in [-0.2, -0.15) is 0 Å². The maximum Gasteiger partial charge on any atom is 0.237 e. The van der Waals surface area contributed by atoms with Crippen molar-refractivity contribution in [2.24, 2.45) is 0 Å². The monoisotopic (exact) mass is 338 g/mol. The summed E-state index contributed by atoms with van der Waals surface area (Å²) in [6.45, 7) is 4.79. The molecule has 0 aliphatic carbocycles. The number of hydrogen-bond acceptors (Lipinski definition) is 2. The number of fused-ring (bicyclic) bond motifs is 2. The van der Waals surface area contributed by atoms with Crippen LogP contribution in [0.1, 0.15) is 35.2 Å². The summed E-state index contributed by atoms with van der Waals surface area (Å²) in [5.74, 6) is -0.0346. The first-order valence-corrected chi connectivity index (χ1v) is 8.99. The average molecular weight is 338 g/mol. The number of amides is 1. The van der Waals surface area contributed by atoms with E-state index in [-0.39, 0.29) is 17.8 Å². The third kappa shape index (κ3) is 3.19. The van der Waals surface area contributed by atoms with E-state index in [2.05, 4.69) is 30.0 Å². The van der Waals surface area contributed by atoms with Gasteiger partial charge in [-0.15, -0.1) is 0 Å². The van der Waals surface area contributed by atoms with Crippen LogP contribution in [-0.4, -0.2) is 35.3 Å². The van der Waals surface area contributed by atoms with Gasteiger partial charge in [0.1, 0.15) is 5.82 Å². The van der Waals surface area contributed by atoms with Crippen LogP contribution in [0.3, 0.4) is 0 Å². The molecule has 2 aromatic rings. The molecule has 0 saturated carbocycles. The minimum absolute atomic E-state index is 0.0699. The van der Waals surface area contributed by atoms with E-state index in [1.807, 2.05) is 17.0 Å². The Labute approximate surface area is 148 Å². The fourth-order valence-corrected chi connectivity index (χ4v) is 4.04. The number of halogens is 1. The van der Waals surface area contributed by atoms with Crippen molar-refractivity contribution < 1.29 is 9.18 Å². The smallest absolute Gasteiger partial charge is 0.237 e. The van der Waals surface area contributed by atoms with E-state index in [4.69, 9.17) is 0 Å². The molecule has 2 aliphatic rings. The lowest BCUT2D eigenvalue weighted by molar-refractivity contribution is -0.134. The van der Waals surface area contributed by atoms with E-state index in [1.165, 1.54) is 22.8 Å². The highest BCUT2D eigenvalue weighted by Gasteiger charge is 2.28. The van der Waals surface area contributed by atoms with E-state index in [1.54, 1.807) is 6.07 Å². The first-order chi connectivity index (χ1) is 12.1.